The highest BCUT2D eigenvalue weighted by Crippen LogP contribution is 2.23. The van der Waals surface area contributed by atoms with Crippen molar-refractivity contribution in [3.63, 3.8) is 0 Å². The van der Waals surface area contributed by atoms with Crippen LogP contribution in [0.2, 0.25) is 0 Å². The molecule has 1 fully saturated rings. The molecule has 3 N–H and O–H groups in total. The summed E-state index contributed by atoms with van der Waals surface area (Å²) in [6.45, 7) is 3.99. The van der Waals surface area contributed by atoms with Crippen molar-refractivity contribution in [1.82, 2.24) is 5.32 Å². The summed E-state index contributed by atoms with van der Waals surface area (Å²) in [6, 6.07) is 7.41. The number of urea groups is 1. The predicted octanol–water partition coefficient (Wildman–Crippen LogP) is 3.44. The van der Waals surface area contributed by atoms with Crippen LogP contribution in [0.1, 0.15) is 51.2 Å². The van der Waals surface area contributed by atoms with Crippen LogP contribution in [-0.4, -0.2) is 17.2 Å². The van der Waals surface area contributed by atoms with Crippen molar-refractivity contribution in [2.45, 2.75) is 51.7 Å². The van der Waals surface area contributed by atoms with Gasteiger partial charge in [0.25, 0.3) is 0 Å². The number of nitrogens with one attached hydrogen (secondary N) is 2. The quantitative estimate of drug-likeness (QED) is 0.792. The van der Waals surface area contributed by atoms with Crippen LogP contribution in [0, 0.1) is 5.92 Å². The third kappa shape index (κ3) is 4.23. The van der Waals surface area contributed by atoms with Gasteiger partial charge >= 0.3 is 6.03 Å². The first kappa shape index (κ1) is 14.9. The maximum absolute atomic E-state index is 11.9. The Labute approximate surface area is 120 Å². The van der Waals surface area contributed by atoms with Crippen molar-refractivity contribution < 1.29 is 9.90 Å². The van der Waals surface area contributed by atoms with Gasteiger partial charge in [0, 0.05) is 11.7 Å². The summed E-state index contributed by atoms with van der Waals surface area (Å²) < 4.78 is 0. The fourth-order valence-corrected chi connectivity index (χ4v) is 2.60. The molecule has 0 aromatic heterocycles. The number of hydrogen-bond donors (Lipinski definition) is 3. The Hall–Kier alpha value is -1.55. The molecule has 110 valence electrons. The highest BCUT2D eigenvalue weighted by molar-refractivity contribution is 5.89. The van der Waals surface area contributed by atoms with E-state index in [2.05, 4.69) is 17.6 Å². The number of rotatable bonds is 3. The third-order valence-corrected chi connectivity index (χ3v) is 4.00. The first-order chi connectivity index (χ1) is 9.54. The molecule has 1 aromatic rings. The van der Waals surface area contributed by atoms with E-state index in [0.717, 1.165) is 30.0 Å². The van der Waals surface area contributed by atoms with Gasteiger partial charge in [-0.05, 0) is 56.2 Å². The molecule has 4 heteroatoms. The summed E-state index contributed by atoms with van der Waals surface area (Å²) in [6.07, 6.45) is 4.02. The van der Waals surface area contributed by atoms with Gasteiger partial charge < -0.3 is 15.7 Å². The zero-order valence-corrected chi connectivity index (χ0v) is 12.2. The molecular weight excluding hydrogens is 252 g/mol. The molecule has 0 spiro atoms. The molecule has 0 heterocycles. The average Bonchev–Trinajstić information content (AvgIpc) is 2.42. The van der Waals surface area contributed by atoms with Crippen LogP contribution in [0.4, 0.5) is 10.5 Å². The molecule has 1 saturated carbocycles. The molecule has 1 unspecified atom stereocenters. The molecule has 1 aliphatic carbocycles. The maximum Gasteiger partial charge on any atom is 0.319 e. The summed E-state index contributed by atoms with van der Waals surface area (Å²) in [5.74, 6) is 0.782. The highest BCUT2D eigenvalue weighted by atomic mass is 16.3. The monoisotopic (exact) mass is 276 g/mol. The van der Waals surface area contributed by atoms with E-state index in [9.17, 15) is 9.90 Å². The minimum atomic E-state index is -0.484. The lowest BCUT2D eigenvalue weighted by atomic mass is 9.87. The van der Waals surface area contributed by atoms with Crippen LogP contribution in [0.5, 0.6) is 0 Å². The smallest absolute Gasteiger partial charge is 0.319 e. The van der Waals surface area contributed by atoms with E-state index >= 15 is 0 Å². The van der Waals surface area contributed by atoms with Gasteiger partial charge in [0.2, 0.25) is 0 Å². The second kappa shape index (κ2) is 6.75. The van der Waals surface area contributed by atoms with Gasteiger partial charge in [0.05, 0.1) is 6.10 Å². The van der Waals surface area contributed by atoms with Crippen molar-refractivity contribution in [2.24, 2.45) is 5.92 Å². The van der Waals surface area contributed by atoms with Crippen LogP contribution in [0.25, 0.3) is 0 Å². The minimum absolute atomic E-state index is 0.144. The topological polar surface area (TPSA) is 61.4 Å². The van der Waals surface area contributed by atoms with Crippen LogP contribution >= 0.6 is 0 Å². The van der Waals surface area contributed by atoms with Crippen molar-refractivity contribution in [3.05, 3.63) is 29.8 Å². The number of carbonyl (C=O) groups is 1. The number of aliphatic hydroxyl groups is 1. The number of hydrogen-bond acceptors (Lipinski definition) is 2. The van der Waals surface area contributed by atoms with Gasteiger partial charge in [-0.2, -0.15) is 0 Å². The van der Waals surface area contributed by atoms with Gasteiger partial charge in [0.15, 0.2) is 0 Å². The Balaban J connectivity index is 1.82. The summed E-state index contributed by atoms with van der Waals surface area (Å²) in [5, 5.41) is 15.3. The predicted molar refractivity (Wildman–Crippen MR) is 80.7 cm³/mol. The van der Waals surface area contributed by atoms with Gasteiger partial charge in [-0.15, -0.1) is 0 Å². The lowest BCUT2D eigenvalue weighted by Gasteiger charge is -2.26. The lowest BCUT2D eigenvalue weighted by molar-refractivity contribution is 0.199. The van der Waals surface area contributed by atoms with Crippen LogP contribution < -0.4 is 10.6 Å². The van der Waals surface area contributed by atoms with Crippen molar-refractivity contribution in [3.8, 4) is 0 Å². The first-order valence-corrected chi connectivity index (χ1v) is 7.40. The fraction of sp³-hybridized carbons (Fsp3) is 0.562. The lowest BCUT2D eigenvalue weighted by Crippen LogP contribution is -2.39. The summed E-state index contributed by atoms with van der Waals surface area (Å²) in [5.41, 5.74) is 1.59. The Kier molecular flexibility index (Phi) is 5.01. The molecule has 20 heavy (non-hydrogen) atoms. The van der Waals surface area contributed by atoms with Crippen LogP contribution in [0.15, 0.2) is 24.3 Å². The molecular formula is C16H24N2O2. The van der Waals surface area contributed by atoms with Gasteiger partial charge in [-0.3, -0.25) is 0 Å². The zero-order chi connectivity index (χ0) is 14.5. The van der Waals surface area contributed by atoms with Gasteiger partial charge in [-0.1, -0.05) is 19.1 Å². The maximum atomic E-state index is 11.9. The first-order valence-electron chi connectivity index (χ1n) is 7.40. The Morgan fingerprint density at radius 3 is 2.35 bits per heavy atom. The highest BCUT2D eigenvalue weighted by Gasteiger charge is 2.19. The minimum Gasteiger partial charge on any atom is -0.389 e. The number of anilines is 1. The molecule has 2 rings (SSSR count). The Morgan fingerprint density at radius 2 is 1.80 bits per heavy atom. The molecule has 1 atom stereocenters. The van der Waals surface area contributed by atoms with Crippen molar-refractivity contribution in [1.29, 1.82) is 0 Å². The van der Waals surface area contributed by atoms with Crippen LogP contribution in [0.3, 0.4) is 0 Å². The van der Waals surface area contributed by atoms with E-state index in [1.165, 1.54) is 12.8 Å². The van der Waals surface area contributed by atoms with Crippen molar-refractivity contribution >= 4 is 11.7 Å². The fourth-order valence-electron chi connectivity index (χ4n) is 2.60. The Morgan fingerprint density at radius 1 is 1.20 bits per heavy atom. The second-order valence-electron chi connectivity index (χ2n) is 5.85. The molecule has 1 aliphatic rings. The number of aliphatic hydroxyl groups excluding tert-OH is 1. The van der Waals surface area contributed by atoms with E-state index in [0.29, 0.717) is 6.04 Å². The van der Waals surface area contributed by atoms with E-state index in [4.69, 9.17) is 0 Å². The summed E-state index contributed by atoms with van der Waals surface area (Å²) >= 11 is 0. The molecule has 2 amide bonds. The zero-order valence-electron chi connectivity index (χ0n) is 12.2. The molecule has 0 saturated heterocycles. The summed E-state index contributed by atoms with van der Waals surface area (Å²) in [4.78, 5) is 11.9. The second-order valence-corrected chi connectivity index (χ2v) is 5.85. The van der Waals surface area contributed by atoms with E-state index < -0.39 is 6.10 Å². The van der Waals surface area contributed by atoms with E-state index in [1.807, 2.05) is 24.3 Å². The normalized spacial score (nSPS) is 23.9. The molecule has 4 nitrogen and oxygen atoms in total. The van der Waals surface area contributed by atoms with E-state index in [1.54, 1.807) is 6.92 Å². The Bertz CT molecular complexity index is 434. The standard InChI is InChI=1S/C16H24N2O2/c1-11-3-7-14(8-4-11)17-16(20)18-15-9-5-13(6-10-15)12(2)19/h5-6,9-12,14,19H,3-4,7-8H2,1-2H3,(H2,17,18,20). The molecule has 1 aromatic carbocycles. The van der Waals surface area contributed by atoms with Gasteiger partial charge in [-0.25, -0.2) is 4.79 Å². The van der Waals surface area contributed by atoms with Gasteiger partial charge in [0.1, 0.15) is 0 Å². The molecule has 0 radical (unpaired) electrons. The number of carbonyl (C=O) groups excluding carboxylic acids is 1. The number of benzene rings is 1. The molecule has 0 bridgehead atoms. The number of amides is 2. The SMILES string of the molecule is CC1CCC(NC(=O)Nc2ccc(C(C)O)cc2)CC1. The third-order valence-electron chi connectivity index (χ3n) is 4.00. The largest absolute Gasteiger partial charge is 0.389 e. The van der Waals surface area contributed by atoms with Crippen LogP contribution in [-0.2, 0) is 0 Å². The molecule has 0 aliphatic heterocycles. The average molecular weight is 276 g/mol. The van der Waals surface area contributed by atoms with E-state index in [-0.39, 0.29) is 6.03 Å². The summed E-state index contributed by atoms with van der Waals surface area (Å²) in [7, 11) is 0. The van der Waals surface area contributed by atoms with Crippen molar-refractivity contribution in [2.75, 3.05) is 5.32 Å².